The van der Waals surface area contributed by atoms with Gasteiger partial charge in [-0.15, -0.1) is 0 Å². The summed E-state index contributed by atoms with van der Waals surface area (Å²) in [5, 5.41) is 5.31. The lowest BCUT2D eigenvalue weighted by molar-refractivity contribution is -0.130. The Hall–Kier alpha value is -2.71. The van der Waals surface area contributed by atoms with Crippen LogP contribution >= 0.6 is 0 Å². The molecule has 3 rings (SSSR count). The second-order valence-corrected chi connectivity index (χ2v) is 7.74. The summed E-state index contributed by atoms with van der Waals surface area (Å²) >= 11 is 0. The predicted octanol–water partition coefficient (Wildman–Crippen LogP) is 1.20. The number of piperazine rings is 1. The van der Waals surface area contributed by atoms with E-state index in [2.05, 4.69) is 10.6 Å². The molecule has 26 heavy (non-hydrogen) atoms. The number of carbonyl (C=O) groups is 2. The predicted molar refractivity (Wildman–Crippen MR) is 96.8 cm³/mol. The second kappa shape index (κ2) is 7.67. The summed E-state index contributed by atoms with van der Waals surface area (Å²) in [5.74, 6) is -0.898. The van der Waals surface area contributed by atoms with Gasteiger partial charge in [0.1, 0.15) is 6.04 Å². The van der Waals surface area contributed by atoms with Crippen LogP contribution in [0, 0.1) is 0 Å². The number of rotatable bonds is 5. The molecule has 0 radical (unpaired) electrons. The SMILES string of the molecule is O=C(C[C@@H]1C(=O)NCCN1S(=O)(=O)c1ccccc1)Nc1ccccc1. The first-order chi connectivity index (χ1) is 12.5. The van der Waals surface area contributed by atoms with E-state index in [-0.39, 0.29) is 24.4 Å². The van der Waals surface area contributed by atoms with E-state index >= 15 is 0 Å². The number of hydrogen-bond donors (Lipinski definition) is 2. The number of sulfonamides is 1. The van der Waals surface area contributed by atoms with Gasteiger partial charge >= 0.3 is 0 Å². The van der Waals surface area contributed by atoms with Crippen LogP contribution in [-0.2, 0) is 19.6 Å². The fourth-order valence-electron chi connectivity index (χ4n) is 2.81. The van der Waals surface area contributed by atoms with E-state index in [1.807, 2.05) is 6.07 Å². The molecule has 1 atom stereocenters. The molecule has 2 aromatic carbocycles. The Morgan fingerprint density at radius 1 is 1.08 bits per heavy atom. The highest BCUT2D eigenvalue weighted by Gasteiger charge is 2.39. The largest absolute Gasteiger partial charge is 0.353 e. The lowest BCUT2D eigenvalue weighted by Gasteiger charge is -2.33. The van der Waals surface area contributed by atoms with Crippen molar-refractivity contribution in [3.05, 3.63) is 60.7 Å². The Bertz CT molecular complexity index is 885. The van der Waals surface area contributed by atoms with Gasteiger partial charge in [0.2, 0.25) is 21.8 Å². The molecule has 2 N–H and O–H groups in total. The van der Waals surface area contributed by atoms with Crippen molar-refractivity contribution >= 4 is 27.5 Å². The zero-order valence-electron chi connectivity index (χ0n) is 14.0. The molecule has 0 aliphatic carbocycles. The molecule has 0 saturated carbocycles. The molecular formula is C18H19N3O4S. The Labute approximate surface area is 152 Å². The summed E-state index contributed by atoms with van der Waals surface area (Å²) in [6.07, 6.45) is -0.257. The van der Waals surface area contributed by atoms with Crippen LogP contribution in [0.5, 0.6) is 0 Å². The topological polar surface area (TPSA) is 95.6 Å². The van der Waals surface area contributed by atoms with Crippen LogP contribution in [-0.4, -0.2) is 43.7 Å². The highest BCUT2D eigenvalue weighted by molar-refractivity contribution is 7.89. The van der Waals surface area contributed by atoms with Crippen LogP contribution in [0.1, 0.15) is 6.42 Å². The molecule has 0 unspecified atom stereocenters. The lowest BCUT2D eigenvalue weighted by atomic mass is 10.1. The van der Waals surface area contributed by atoms with E-state index < -0.39 is 27.9 Å². The van der Waals surface area contributed by atoms with Crippen LogP contribution in [0.3, 0.4) is 0 Å². The van der Waals surface area contributed by atoms with Gasteiger partial charge in [0.25, 0.3) is 0 Å². The molecule has 136 valence electrons. The quantitative estimate of drug-likeness (QED) is 0.823. The number of anilines is 1. The zero-order valence-corrected chi connectivity index (χ0v) is 14.8. The summed E-state index contributed by atoms with van der Waals surface area (Å²) in [7, 11) is -3.87. The third-order valence-electron chi connectivity index (χ3n) is 4.07. The molecule has 1 fully saturated rings. The van der Waals surface area contributed by atoms with E-state index in [0.29, 0.717) is 5.69 Å². The Balaban J connectivity index is 1.81. The van der Waals surface area contributed by atoms with Crippen LogP contribution in [0.2, 0.25) is 0 Å². The molecule has 0 spiro atoms. The molecule has 2 amide bonds. The van der Waals surface area contributed by atoms with E-state index in [1.165, 1.54) is 12.1 Å². The van der Waals surface area contributed by atoms with Crippen molar-refractivity contribution in [3.63, 3.8) is 0 Å². The second-order valence-electron chi connectivity index (χ2n) is 5.85. The van der Waals surface area contributed by atoms with Gasteiger partial charge in [0.15, 0.2) is 0 Å². The Morgan fingerprint density at radius 3 is 2.35 bits per heavy atom. The van der Waals surface area contributed by atoms with Crippen molar-refractivity contribution in [2.75, 3.05) is 18.4 Å². The van der Waals surface area contributed by atoms with Crippen LogP contribution in [0.15, 0.2) is 65.6 Å². The summed E-state index contributed by atoms with van der Waals surface area (Å²) in [6.45, 7) is 0.327. The number of amides is 2. The van der Waals surface area contributed by atoms with Gasteiger partial charge in [-0.05, 0) is 24.3 Å². The molecule has 1 saturated heterocycles. The van der Waals surface area contributed by atoms with E-state index in [0.717, 1.165) is 4.31 Å². The number of nitrogens with one attached hydrogen (secondary N) is 2. The smallest absolute Gasteiger partial charge is 0.243 e. The first-order valence-electron chi connectivity index (χ1n) is 8.18. The van der Waals surface area contributed by atoms with Crippen molar-refractivity contribution in [1.29, 1.82) is 0 Å². The van der Waals surface area contributed by atoms with E-state index in [9.17, 15) is 18.0 Å². The summed E-state index contributed by atoms with van der Waals surface area (Å²) in [5.41, 5.74) is 0.589. The van der Waals surface area contributed by atoms with Gasteiger partial charge in [0.05, 0.1) is 11.3 Å². The number of hydrogen-bond acceptors (Lipinski definition) is 4. The van der Waals surface area contributed by atoms with Crippen LogP contribution in [0.25, 0.3) is 0 Å². The van der Waals surface area contributed by atoms with Crippen LogP contribution in [0.4, 0.5) is 5.69 Å². The summed E-state index contributed by atoms with van der Waals surface area (Å²) in [4.78, 5) is 24.7. The highest BCUT2D eigenvalue weighted by atomic mass is 32.2. The van der Waals surface area contributed by atoms with Crippen molar-refractivity contribution in [2.24, 2.45) is 0 Å². The third kappa shape index (κ3) is 3.92. The molecule has 2 aromatic rings. The number of nitrogens with zero attached hydrogens (tertiary/aromatic N) is 1. The average Bonchev–Trinajstić information content (AvgIpc) is 2.65. The van der Waals surface area contributed by atoms with E-state index in [1.54, 1.807) is 42.5 Å². The van der Waals surface area contributed by atoms with Crippen molar-refractivity contribution in [1.82, 2.24) is 9.62 Å². The molecule has 1 aliphatic rings. The maximum atomic E-state index is 12.9. The maximum Gasteiger partial charge on any atom is 0.243 e. The summed E-state index contributed by atoms with van der Waals surface area (Å²) < 4.78 is 26.9. The third-order valence-corrected chi connectivity index (χ3v) is 5.99. The average molecular weight is 373 g/mol. The van der Waals surface area contributed by atoms with E-state index in [4.69, 9.17) is 0 Å². The van der Waals surface area contributed by atoms with Gasteiger partial charge in [-0.25, -0.2) is 8.42 Å². The summed E-state index contributed by atoms with van der Waals surface area (Å²) in [6, 6.07) is 15.6. The van der Waals surface area contributed by atoms with Gasteiger partial charge in [-0.1, -0.05) is 36.4 Å². The van der Waals surface area contributed by atoms with Crippen LogP contribution < -0.4 is 10.6 Å². The fraction of sp³-hybridized carbons (Fsp3) is 0.222. The number of benzene rings is 2. The molecule has 1 heterocycles. The molecule has 7 nitrogen and oxygen atoms in total. The van der Waals surface area contributed by atoms with Crippen molar-refractivity contribution in [3.8, 4) is 0 Å². The maximum absolute atomic E-state index is 12.9. The first kappa shape index (κ1) is 18.1. The standard InChI is InChI=1S/C18H19N3O4S/c22-17(20-14-7-3-1-4-8-14)13-16-18(23)19-11-12-21(16)26(24,25)15-9-5-2-6-10-15/h1-10,16H,11-13H2,(H,19,23)(H,20,22)/t16-/m1/s1. The minimum atomic E-state index is -3.87. The highest BCUT2D eigenvalue weighted by Crippen LogP contribution is 2.21. The molecule has 0 bridgehead atoms. The Kier molecular flexibility index (Phi) is 5.34. The lowest BCUT2D eigenvalue weighted by Crippen LogP contribution is -2.57. The van der Waals surface area contributed by atoms with Gasteiger partial charge < -0.3 is 10.6 Å². The molecular weight excluding hydrogens is 354 g/mol. The van der Waals surface area contributed by atoms with Crippen molar-refractivity contribution < 1.29 is 18.0 Å². The van der Waals surface area contributed by atoms with Crippen molar-refractivity contribution in [2.45, 2.75) is 17.4 Å². The monoisotopic (exact) mass is 373 g/mol. The minimum absolute atomic E-state index is 0.100. The van der Waals surface area contributed by atoms with Gasteiger partial charge in [-0.3, -0.25) is 9.59 Å². The van der Waals surface area contributed by atoms with Gasteiger partial charge in [0, 0.05) is 18.8 Å². The van der Waals surface area contributed by atoms with Gasteiger partial charge in [-0.2, -0.15) is 4.31 Å². The fourth-order valence-corrected chi connectivity index (χ4v) is 4.42. The Morgan fingerprint density at radius 2 is 1.69 bits per heavy atom. The number of para-hydroxylation sites is 1. The normalized spacial score (nSPS) is 18.2. The molecule has 0 aromatic heterocycles. The molecule has 8 heteroatoms. The first-order valence-corrected chi connectivity index (χ1v) is 9.62. The molecule has 1 aliphatic heterocycles. The number of carbonyl (C=O) groups excluding carboxylic acids is 2. The zero-order chi connectivity index (χ0) is 18.6. The minimum Gasteiger partial charge on any atom is -0.353 e.